The van der Waals surface area contributed by atoms with Crippen LogP contribution in [0.3, 0.4) is 0 Å². The number of carbonyl (C=O) groups is 1. The predicted octanol–water partition coefficient (Wildman–Crippen LogP) is 3.35. The molecular formula is C26H33N3O3S. The van der Waals surface area contributed by atoms with Crippen molar-refractivity contribution in [2.24, 2.45) is 5.92 Å². The molecule has 0 spiro atoms. The van der Waals surface area contributed by atoms with E-state index in [-0.39, 0.29) is 30.5 Å². The minimum absolute atomic E-state index is 0.0374. The van der Waals surface area contributed by atoms with Gasteiger partial charge in [-0.2, -0.15) is 0 Å². The van der Waals surface area contributed by atoms with E-state index in [0.29, 0.717) is 19.4 Å². The molecule has 1 unspecified atom stereocenters. The van der Waals surface area contributed by atoms with E-state index in [1.165, 1.54) is 4.31 Å². The van der Waals surface area contributed by atoms with Crippen molar-refractivity contribution >= 4 is 26.7 Å². The summed E-state index contributed by atoms with van der Waals surface area (Å²) in [4.78, 5) is 12.6. The highest BCUT2D eigenvalue weighted by molar-refractivity contribution is 7.89. The molecule has 2 heterocycles. The van der Waals surface area contributed by atoms with Crippen molar-refractivity contribution < 1.29 is 13.2 Å². The van der Waals surface area contributed by atoms with Crippen LogP contribution < -0.4 is 10.6 Å². The maximum Gasteiger partial charge on any atom is 0.225 e. The summed E-state index contributed by atoms with van der Waals surface area (Å²) in [6.45, 7) is 2.47. The Bertz CT molecular complexity index is 1140. The van der Waals surface area contributed by atoms with E-state index in [2.05, 4.69) is 16.4 Å². The fourth-order valence-electron chi connectivity index (χ4n) is 4.61. The molecule has 33 heavy (non-hydrogen) atoms. The number of amides is 1. The number of carbonyl (C=O) groups excluding carboxylic acids is 1. The first-order valence-electron chi connectivity index (χ1n) is 11.9. The van der Waals surface area contributed by atoms with Crippen molar-refractivity contribution in [1.82, 2.24) is 14.9 Å². The number of piperidine rings is 1. The van der Waals surface area contributed by atoms with Crippen molar-refractivity contribution in [3.63, 3.8) is 0 Å². The topological polar surface area (TPSA) is 78.5 Å². The third-order valence-electron chi connectivity index (χ3n) is 6.48. The summed E-state index contributed by atoms with van der Waals surface area (Å²) >= 11 is 0. The molecule has 0 bridgehead atoms. The van der Waals surface area contributed by atoms with Crippen LogP contribution in [-0.4, -0.2) is 50.6 Å². The molecule has 2 aromatic rings. The largest absolute Gasteiger partial charge is 0.323 e. The van der Waals surface area contributed by atoms with E-state index in [0.717, 1.165) is 54.4 Å². The second-order valence-corrected chi connectivity index (χ2v) is 10.9. The van der Waals surface area contributed by atoms with Crippen molar-refractivity contribution in [2.75, 3.05) is 31.9 Å². The molecule has 176 valence electrons. The predicted molar refractivity (Wildman–Crippen MR) is 132 cm³/mol. The van der Waals surface area contributed by atoms with Crippen LogP contribution in [0.4, 0.5) is 0 Å². The second-order valence-electron chi connectivity index (χ2n) is 8.85. The van der Waals surface area contributed by atoms with Gasteiger partial charge < -0.3 is 10.6 Å². The summed E-state index contributed by atoms with van der Waals surface area (Å²) in [5.74, 6) is 0.142. The Labute approximate surface area is 196 Å². The Kier molecular flexibility index (Phi) is 7.99. The molecule has 1 atom stereocenters. The van der Waals surface area contributed by atoms with E-state index in [1.54, 1.807) is 0 Å². The maximum absolute atomic E-state index is 13.2. The molecule has 2 aliphatic rings. The lowest BCUT2D eigenvalue weighted by molar-refractivity contribution is -0.120. The first kappa shape index (κ1) is 23.7. The first-order chi connectivity index (χ1) is 16.0. The Balaban J connectivity index is 1.41. The van der Waals surface area contributed by atoms with Crippen LogP contribution >= 0.6 is 0 Å². The third-order valence-corrected chi connectivity index (χ3v) is 8.36. The van der Waals surface area contributed by atoms with Gasteiger partial charge in [0.25, 0.3) is 0 Å². The second kappa shape index (κ2) is 11.1. The average molecular weight is 468 g/mol. The highest BCUT2D eigenvalue weighted by Gasteiger charge is 2.24. The van der Waals surface area contributed by atoms with Crippen molar-refractivity contribution in [3.05, 3.63) is 65.5 Å². The van der Waals surface area contributed by atoms with E-state index in [4.69, 9.17) is 0 Å². The molecule has 2 N–H and O–H groups in total. The summed E-state index contributed by atoms with van der Waals surface area (Å²) in [6.07, 6.45) is 6.09. The molecule has 0 aromatic heterocycles. The number of benzene rings is 2. The van der Waals surface area contributed by atoms with E-state index >= 15 is 0 Å². The lowest BCUT2D eigenvalue weighted by atomic mass is 9.96. The minimum Gasteiger partial charge on any atom is -0.323 e. The maximum atomic E-state index is 13.2. The SMILES string of the molecule is O=C1CCN(S(=O)(=O)CCc2cccc3ccccc23)CCCC=C=C(C2CCCNC2)N1. The molecule has 0 aliphatic carbocycles. The van der Waals surface area contributed by atoms with Crippen LogP contribution in [0, 0.1) is 5.92 Å². The summed E-state index contributed by atoms with van der Waals surface area (Å²) in [5.41, 5.74) is 5.15. The molecule has 1 fully saturated rings. The average Bonchev–Trinajstić information content (AvgIpc) is 2.88. The molecular weight excluding hydrogens is 434 g/mol. The fourth-order valence-corrected chi connectivity index (χ4v) is 6.13. The number of fused-ring (bicyclic) bond motifs is 1. The van der Waals surface area contributed by atoms with Crippen LogP contribution in [-0.2, 0) is 21.2 Å². The Morgan fingerprint density at radius 3 is 2.76 bits per heavy atom. The van der Waals surface area contributed by atoms with Crippen LogP contribution in [0.25, 0.3) is 10.8 Å². The van der Waals surface area contributed by atoms with Gasteiger partial charge in [-0.25, -0.2) is 12.7 Å². The summed E-state index contributed by atoms with van der Waals surface area (Å²) in [5, 5.41) is 8.59. The molecule has 7 heteroatoms. The lowest BCUT2D eigenvalue weighted by Crippen LogP contribution is -2.39. The zero-order valence-electron chi connectivity index (χ0n) is 19.1. The Hall–Kier alpha value is -2.44. The smallest absolute Gasteiger partial charge is 0.225 e. The standard InChI is InChI=1S/C26H33N3O3S/c30-26-14-18-29(17-5-1-2-13-25(28-26)23-11-7-16-27-20-23)33(31,32)19-15-22-10-6-9-21-8-3-4-12-24(21)22/h2-4,6,8-10,12,23,27H,1,5,7,11,14-20H2,(H,28,30). The number of sulfonamides is 1. The first-order valence-corrected chi connectivity index (χ1v) is 13.5. The van der Waals surface area contributed by atoms with Gasteiger partial charge in [-0.3, -0.25) is 4.79 Å². The zero-order chi connectivity index (χ0) is 23.1. The lowest BCUT2D eigenvalue weighted by Gasteiger charge is -2.25. The summed E-state index contributed by atoms with van der Waals surface area (Å²) < 4.78 is 27.9. The van der Waals surface area contributed by atoms with Gasteiger partial charge in [0.15, 0.2) is 0 Å². The fraction of sp³-hybridized carbons (Fsp3) is 0.462. The van der Waals surface area contributed by atoms with Crippen molar-refractivity contribution in [2.45, 2.75) is 38.5 Å². The number of hydrogen-bond donors (Lipinski definition) is 2. The normalized spacial score (nSPS) is 21.3. The highest BCUT2D eigenvalue weighted by atomic mass is 32.2. The van der Waals surface area contributed by atoms with Crippen molar-refractivity contribution in [3.8, 4) is 0 Å². The molecule has 1 saturated heterocycles. The van der Waals surface area contributed by atoms with Gasteiger partial charge in [0, 0.05) is 32.0 Å². The highest BCUT2D eigenvalue weighted by Crippen LogP contribution is 2.21. The van der Waals surface area contributed by atoms with Gasteiger partial charge in [0.2, 0.25) is 15.9 Å². The van der Waals surface area contributed by atoms with Gasteiger partial charge in [0.05, 0.1) is 11.4 Å². The molecule has 0 saturated carbocycles. The number of aryl methyl sites for hydroxylation is 1. The molecule has 4 rings (SSSR count). The monoisotopic (exact) mass is 467 g/mol. The number of nitrogens with zero attached hydrogens (tertiary/aromatic N) is 1. The van der Waals surface area contributed by atoms with Crippen LogP contribution in [0.1, 0.15) is 37.7 Å². The van der Waals surface area contributed by atoms with Crippen LogP contribution in [0.5, 0.6) is 0 Å². The van der Waals surface area contributed by atoms with Gasteiger partial charge in [-0.15, -0.1) is 5.73 Å². The molecule has 6 nitrogen and oxygen atoms in total. The minimum atomic E-state index is -3.48. The van der Waals surface area contributed by atoms with Crippen LogP contribution in [0.15, 0.2) is 60.0 Å². The Morgan fingerprint density at radius 2 is 1.91 bits per heavy atom. The summed E-state index contributed by atoms with van der Waals surface area (Å²) in [6, 6.07) is 14.1. The zero-order valence-corrected chi connectivity index (χ0v) is 19.9. The molecule has 1 amide bonds. The number of hydrogen-bond acceptors (Lipinski definition) is 4. The summed E-state index contributed by atoms with van der Waals surface area (Å²) in [7, 11) is -3.48. The molecule has 2 aliphatic heterocycles. The van der Waals surface area contributed by atoms with E-state index < -0.39 is 10.0 Å². The quantitative estimate of drug-likeness (QED) is 0.661. The molecule has 2 aromatic carbocycles. The van der Waals surface area contributed by atoms with Crippen molar-refractivity contribution in [1.29, 1.82) is 0 Å². The number of rotatable bonds is 5. The van der Waals surface area contributed by atoms with Gasteiger partial charge >= 0.3 is 0 Å². The Morgan fingerprint density at radius 1 is 1.06 bits per heavy atom. The van der Waals surface area contributed by atoms with Gasteiger partial charge in [-0.1, -0.05) is 42.5 Å². The van der Waals surface area contributed by atoms with Crippen LogP contribution in [0.2, 0.25) is 0 Å². The van der Waals surface area contributed by atoms with E-state index in [1.807, 2.05) is 48.5 Å². The molecule has 0 radical (unpaired) electrons. The van der Waals surface area contributed by atoms with Gasteiger partial charge in [0.1, 0.15) is 0 Å². The third kappa shape index (κ3) is 6.33. The van der Waals surface area contributed by atoms with Gasteiger partial charge in [-0.05, 0) is 61.1 Å². The van der Waals surface area contributed by atoms with E-state index in [9.17, 15) is 13.2 Å². The number of nitrogens with one attached hydrogen (secondary N) is 2.